The summed E-state index contributed by atoms with van der Waals surface area (Å²) in [7, 11) is 0. The highest BCUT2D eigenvalue weighted by Crippen LogP contribution is 2.24. The minimum atomic E-state index is -1.01. The van der Waals surface area contributed by atoms with Crippen LogP contribution in [0.4, 0.5) is 0 Å². The minimum absolute atomic E-state index is 0.190. The van der Waals surface area contributed by atoms with E-state index < -0.39 is 12.1 Å². The van der Waals surface area contributed by atoms with Crippen molar-refractivity contribution < 1.29 is 19.4 Å². The third-order valence-corrected chi connectivity index (χ3v) is 5.02. The molecule has 2 unspecified atom stereocenters. The van der Waals surface area contributed by atoms with Crippen molar-refractivity contribution in [2.75, 3.05) is 6.54 Å². The molecule has 1 heterocycles. The third-order valence-electron chi connectivity index (χ3n) is 5.02. The van der Waals surface area contributed by atoms with Crippen LogP contribution >= 0.6 is 0 Å². The van der Waals surface area contributed by atoms with Crippen LogP contribution < -0.4 is 10.5 Å². The number of imidazole rings is 1. The molecule has 1 aliphatic rings. The molecule has 7 heteroatoms. The summed E-state index contributed by atoms with van der Waals surface area (Å²) in [6.45, 7) is 2.03. The van der Waals surface area contributed by atoms with Gasteiger partial charge in [-0.15, -0.1) is 0 Å². The molecule has 0 saturated heterocycles. The zero-order chi connectivity index (χ0) is 19.9. The summed E-state index contributed by atoms with van der Waals surface area (Å²) in [6.07, 6.45) is 8.77. The summed E-state index contributed by atoms with van der Waals surface area (Å²) < 4.78 is 13.4. The average molecular weight is 387 g/mol. The number of hydrogen-bond donors (Lipinski definition) is 2. The predicted octanol–water partition coefficient (Wildman–Crippen LogP) is 2.94. The van der Waals surface area contributed by atoms with Crippen LogP contribution in [-0.2, 0) is 16.0 Å². The molecule has 0 aliphatic heterocycles. The van der Waals surface area contributed by atoms with Gasteiger partial charge >= 0.3 is 5.97 Å². The van der Waals surface area contributed by atoms with Crippen molar-refractivity contribution in [2.24, 2.45) is 5.73 Å². The lowest BCUT2D eigenvalue weighted by Crippen LogP contribution is -2.33. The van der Waals surface area contributed by atoms with Gasteiger partial charge in [0, 0.05) is 24.8 Å². The number of ether oxygens (including phenoxy) is 2. The largest absolute Gasteiger partial charge is 0.490 e. The maximum absolute atomic E-state index is 11.4. The standard InChI is InChI=1S/C21H29N3O4/c1-15(12-22)27-20(21(25)26)11-16-13-24(14-23-16)17-7-9-19(10-8-17)28-18-5-3-2-4-6-18/h7-10,13-15,18,20H,2-6,11-12,22H2,1H3,(H,25,26). The second-order valence-corrected chi connectivity index (χ2v) is 7.36. The van der Waals surface area contributed by atoms with Gasteiger partial charge in [-0.2, -0.15) is 0 Å². The van der Waals surface area contributed by atoms with Crippen LogP contribution in [0.15, 0.2) is 36.8 Å². The Hall–Kier alpha value is -2.38. The molecule has 2 aromatic rings. The van der Waals surface area contributed by atoms with Gasteiger partial charge in [-0.05, 0) is 56.9 Å². The van der Waals surface area contributed by atoms with Gasteiger partial charge in [-0.3, -0.25) is 0 Å². The first-order chi connectivity index (χ1) is 13.5. The fourth-order valence-electron chi connectivity index (χ4n) is 3.40. The number of aliphatic carboxylic acids is 1. The third kappa shape index (κ3) is 5.56. The van der Waals surface area contributed by atoms with Crippen molar-refractivity contribution in [3.63, 3.8) is 0 Å². The van der Waals surface area contributed by atoms with E-state index in [0.717, 1.165) is 24.3 Å². The number of nitrogens with zero attached hydrogens (tertiary/aromatic N) is 2. The monoisotopic (exact) mass is 387 g/mol. The number of carbonyl (C=O) groups is 1. The van der Waals surface area contributed by atoms with Gasteiger partial charge in [0.1, 0.15) is 5.75 Å². The van der Waals surface area contributed by atoms with E-state index in [1.54, 1.807) is 13.3 Å². The van der Waals surface area contributed by atoms with Crippen LogP contribution in [0.5, 0.6) is 5.75 Å². The first kappa shape index (κ1) is 20.4. The van der Waals surface area contributed by atoms with Crippen LogP contribution in [0, 0.1) is 0 Å². The van der Waals surface area contributed by atoms with Crippen molar-refractivity contribution in [1.82, 2.24) is 9.55 Å². The zero-order valence-electron chi connectivity index (χ0n) is 16.3. The lowest BCUT2D eigenvalue weighted by molar-refractivity contribution is -0.153. The molecule has 1 aliphatic carbocycles. The molecule has 7 nitrogen and oxygen atoms in total. The Balaban J connectivity index is 1.61. The van der Waals surface area contributed by atoms with Crippen molar-refractivity contribution in [2.45, 2.75) is 63.8 Å². The molecule has 0 amide bonds. The maximum atomic E-state index is 11.4. The van der Waals surface area contributed by atoms with Crippen LogP contribution in [0.3, 0.4) is 0 Å². The molecule has 0 radical (unpaired) electrons. The van der Waals surface area contributed by atoms with Gasteiger partial charge in [-0.25, -0.2) is 9.78 Å². The molecule has 0 bridgehead atoms. The van der Waals surface area contributed by atoms with Gasteiger partial charge < -0.3 is 24.9 Å². The second kappa shape index (κ2) is 9.71. The van der Waals surface area contributed by atoms with E-state index in [-0.39, 0.29) is 19.1 Å². The molecule has 0 spiro atoms. The maximum Gasteiger partial charge on any atom is 0.333 e. The van der Waals surface area contributed by atoms with Crippen LogP contribution in [0.2, 0.25) is 0 Å². The molecule has 1 aromatic heterocycles. The Morgan fingerprint density at radius 3 is 2.64 bits per heavy atom. The van der Waals surface area contributed by atoms with E-state index in [1.165, 1.54) is 19.3 Å². The van der Waals surface area contributed by atoms with Crippen LogP contribution in [0.25, 0.3) is 5.69 Å². The Labute approximate surface area is 165 Å². The molecule has 3 rings (SSSR count). The number of hydrogen-bond acceptors (Lipinski definition) is 5. The van der Waals surface area contributed by atoms with Crippen LogP contribution in [0.1, 0.15) is 44.7 Å². The fourth-order valence-corrected chi connectivity index (χ4v) is 3.40. The Morgan fingerprint density at radius 1 is 1.29 bits per heavy atom. The Morgan fingerprint density at radius 2 is 2.00 bits per heavy atom. The first-order valence-corrected chi connectivity index (χ1v) is 9.93. The van der Waals surface area contributed by atoms with E-state index in [4.69, 9.17) is 15.2 Å². The van der Waals surface area contributed by atoms with E-state index >= 15 is 0 Å². The highest BCUT2D eigenvalue weighted by atomic mass is 16.5. The molecule has 1 fully saturated rings. The van der Waals surface area contributed by atoms with Crippen molar-refractivity contribution in [3.8, 4) is 11.4 Å². The summed E-state index contributed by atoms with van der Waals surface area (Å²) in [6, 6.07) is 7.89. The molecule has 1 saturated carbocycles. The fraction of sp³-hybridized carbons (Fsp3) is 0.524. The summed E-state index contributed by atoms with van der Waals surface area (Å²) >= 11 is 0. The highest BCUT2D eigenvalue weighted by molar-refractivity contribution is 5.72. The molecular weight excluding hydrogens is 358 g/mol. The van der Waals surface area contributed by atoms with Crippen molar-refractivity contribution >= 4 is 5.97 Å². The normalized spacial score (nSPS) is 17.2. The molecule has 1 aromatic carbocycles. The number of carboxylic acids is 1. The smallest absolute Gasteiger partial charge is 0.333 e. The number of carboxylic acid groups (broad SMARTS) is 1. The molecule has 3 N–H and O–H groups in total. The zero-order valence-corrected chi connectivity index (χ0v) is 16.3. The van der Waals surface area contributed by atoms with E-state index in [0.29, 0.717) is 11.8 Å². The summed E-state index contributed by atoms with van der Waals surface area (Å²) in [5, 5.41) is 9.35. The lowest BCUT2D eigenvalue weighted by atomic mass is 9.98. The van der Waals surface area contributed by atoms with E-state index in [2.05, 4.69) is 4.98 Å². The number of rotatable bonds is 9. The molecule has 28 heavy (non-hydrogen) atoms. The topological polar surface area (TPSA) is 99.6 Å². The van der Waals surface area contributed by atoms with Gasteiger partial charge in [-0.1, -0.05) is 6.42 Å². The number of nitrogens with two attached hydrogens (primary N) is 1. The summed E-state index contributed by atoms with van der Waals surface area (Å²) in [5.41, 5.74) is 7.11. The highest BCUT2D eigenvalue weighted by Gasteiger charge is 2.22. The number of benzene rings is 1. The van der Waals surface area contributed by atoms with Gasteiger partial charge in [0.05, 0.1) is 24.2 Å². The van der Waals surface area contributed by atoms with Crippen LogP contribution in [-0.4, -0.2) is 45.5 Å². The van der Waals surface area contributed by atoms with E-state index in [1.807, 2.05) is 35.0 Å². The first-order valence-electron chi connectivity index (χ1n) is 9.93. The number of aromatic nitrogens is 2. The minimum Gasteiger partial charge on any atom is -0.490 e. The molecule has 2 atom stereocenters. The Kier molecular flexibility index (Phi) is 7.06. The van der Waals surface area contributed by atoms with E-state index in [9.17, 15) is 9.90 Å². The average Bonchev–Trinajstić information content (AvgIpc) is 3.17. The second-order valence-electron chi connectivity index (χ2n) is 7.36. The molecule has 152 valence electrons. The predicted molar refractivity (Wildman–Crippen MR) is 106 cm³/mol. The quantitative estimate of drug-likeness (QED) is 0.686. The van der Waals surface area contributed by atoms with Gasteiger partial charge in [0.2, 0.25) is 0 Å². The lowest BCUT2D eigenvalue weighted by Gasteiger charge is -2.23. The SMILES string of the molecule is CC(CN)OC(Cc1cn(-c2ccc(OC3CCCCC3)cc2)cn1)C(=O)O. The van der Waals surface area contributed by atoms with Crippen molar-refractivity contribution in [3.05, 3.63) is 42.5 Å². The van der Waals surface area contributed by atoms with Gasteiger partial charge in [0.15, 0.2) is 6.10 Å². The Bertz CT molecular complexity index is 753. The van der Waals surface area contributed by atoms with Gasteiger partial charge in [0.25, 0.3) is 0 Å². The molecular formula is C21H29N3O4. The van der Waals surface area contributed by atoms with Crippen molar-refractivity contribution in [1.29, 1.82) is 0 Å². The summed E-state index contributed by atoms with van der Waals surface area (Å²) in [5.74, 6) is -0.134. The summed E-state index contributed by atoms with van der Waals surface area (Å²) in [4.78, 5) is 15.7.